The highest BCUT2D eigenvalue weighted by Gasteiger charge is 2.49. The number of nitrogens with zero attached hydrogens (tertiary/aromatic N) is 3. The van der Waals surface area contributed by atoms with Crippen LogP contribution in [0.2, 0.25) is 0 Å². The van der Waals surface area contributed by atoms with Gasteiger partial charge in [-0.2, -0.15) is 0 Å². The molecule has 1 aliphatic heterocycles. The molecule has 2 heterocycles. The maximum Gasteiger partial charge on any atom is 0.184 e. The molecule has 0 spiro atoms. The van der Waals surface area contributed by atoms with Crippen molar-refractivity contribution in [3.63, 3.8) is 0 Å². The van der Waals surface area contributed by atoms with Crippen LogP contribution >= 0.6 is 0 Å². The van der Waals surface area contributed by atoms with Gasteiger partial charge in [-0.3, -0.25) is 0 Å². The average molecular weight is 910 g/mol. The Morgan fingerprint density at radius 3 is 1.27 bits per heavy atom. The number of benzene rings is 11. The molecular formula is C66H47N3Si. The van der Waals surface area contributed by atoms with E-state index in [4.69, 9.17) is 0 Å². The van der Waals surface area contributed by atoms with Crippen LogP contribution in [0.3, 0.4) is 0 Å². The highest BCUT2D eigenvalue weighted by Crippen LogP contribution is 2.42. The van der Waals surface area contributed by atoms with Crippen molar-refractivity contribution in [3.05, 3.63) is 285 Å². The second-order valence-corrected chi connectivity index (χ2v) is 21.8. The third-order valence-electron chi connectivity index (χ3n) is 14.3. The summed E-state index contributed by atoms with van der Waals surface area (Å²) in [5.74, 6) is 0. The Labute approximate surface area is 410 Å². The molecule has 0 amide bonds. The molecule has 70 heavy (non-hydrogen) atoms. The van der Waals surface area contributed by atoms with E-state index in [-0.39, 0.29) is 0 Å². The van der Waals surface area contributed by atoms with Crippen LogP contribution in [0.15, 0.2) is 285 Å². The first-order valence-electron chi connectivity index (χ1n) is 24.1. The van der Waals surface area contributed by atoms with Crippen molar-refractivity contribution in [1.82, 2.24) is 4.57 Å². The van der Waals surface area contributed by atoms with Crippen LogP contribution in [0.25, 0.3) is 49.7 Å². The van der Waals surface area contributed by atoms with E-state index < -0.39 is 8.07 Å². The molecule has 1 aliphatic rings. The SMILES string of the molecule is c1ccc(-c2ccc(N(c3ccc(-c4ccc5c(c4)[Si](c4ccccc4)(c4ccccc4)c4ccccc4N5c4ccccc4)cc3)c3ccc(-n4c5ccccc5c5ccccc54)cc3)cc2)cc1. The summed E-state index contributed by atoms with van der Waals surface area (Å²) >= 11 is 0. The molecule has 13 rings (SSSR count). The number of hydrogen-bond donors (Lipinski definition) is 0. The fourth-order valence-electron chi connectivity index (χ4n) is 11.1. The lowest BCUT2D eigenvalue weighted by Crippen LogP contribution is -2.77. The van der Waals surface area contributed by atoms with E-state index in [2.05, 4.69) is 299 Å². The second kappa shape index (κ2) is 17.3. The quantitative estimate of drug-likeness (QED) is 0.134. The first kappa shape index (κ1) is 41.2. The van der Waals surface area contributed by atoms with Gasteiger partial charge in [0, 0.05) is 50.6 Å². The Morgan fingerprint density at radius 2 is 0.700 bits per heavy atom. The van der Waals surface area contributed by atoms with E-state index in [9.17, 15) is 0 Å². The minimum atomic E-state index is -2.87. The molecule has 0 radical (unpaired) electrons. The summed E-state index contributed by atoms with van der Waals surface area (Å²) in [6, 6.07) is 105. The van der Waals surface area contributed by atoms with Gasteiger partial charge in [-0.15, -0.1) is 0 Å². The first-order valence-corrected chi connectivity index (χ1v) is 26.1. The number of anilines is 6. The maximum absolute atomic E-state index is 2.87. The fraction of sp³-hybridized carbons (Fsp3) is 0. The number of rotatable bonds is 9. The van der Waals surface area contributed by atoms with Crippen molar-refractivity contribution in [1.29, 1.82) is 0 Å². The van der Waals surface area contributed by atoms with Gasteiger partial charge in [0.1, 0.15) is 0 Å². The molecule has 11 aromatic carbocycles. The number of fused-ring (bicyclic) bond motifs is 5. The van der Waals surface area contributed by atoms with Crippen molar-refractivity contribution in [3.8, 4) is 27.9 Å². The molecule has 0 saturated carbocycles. The molecule has 0 bridgehead atoms. The molecule has 0 saturated heterocycles. The summed E-state index contributed by atoms with van der Waals surface area (Å²) in [6.45, 7) is 0. The Kier molecular flexibility index (Phi) is 10.2. The maximum atomic E-state index is 2.51. The van der Waals surface area contributed by atoms with Gasteiger partial charge in [-0.05, 0) is 128 Å². The van der Waals surface area contributed by atoms with Crippen LogP contribution in [0, 0.1) is 0 Å². The third-order valence-corrected chi connectivity index (χ3v) is 19.1. The molecule has 0 N–H and O–H groups in total. The van der Waals surface area contributed by atoms with Crippen LogP contribution in [0.1, 0.15) is 0 Å². The van der Waals surface area contributed by atoms with Crippen LogP contribution in [0.4, 0.5) is 34.1 Å². The molecule has 330 valence electrons. The Balaban J connectivity index is 0.947. The smallest absolute Gasteiger partial charge is 0.184 e. The highest BCUT2D eigenvalue weighted by atomic mass is 28.3. The van der Waals surface area contributed by atoms with Gasteiger partial charge in [-0.1, -0.05) is 200 Å². The van der Waals surface area contributed by atoms with Crippen LogP contribution in [0.5, 0.6) is 0 Å². The van der Waals surface area contributed by atoms with Crippen molar-refractivity contribution in [2.75, 3.05) is 9.80 Å². The summed E-state index contributed by atoms with van der Waals surface area (Å²) in [4.78, 5) is 4.85. The van der Waals surface area contributed by atoms with E-state index in [1.807, 2.05) is 0 Å². The van der Waals surface area contributed by atoms with Gasteiger partial charge < -0.3 is 14.4 Å². The zero-order chi connectivity index (χ0) is 46.4. The van der Waals surface area contributed by atoms with Crippen molar-refractivity contribution < 1.29 is 0 Å². The van der Waals surface area contributed by atoms with Crippen molar-refractivity contribution in [2.45, 2.75) is 0 Å². The largest absolute Gasteiger partial charge is 0.311 e. The van der Waals surface area contributed by atoms with E-state index >= 15 is 0 Å². The van der Waals surface area contributed by atoms with E-state index in [1.165, 1.54) is 76.2 Å². The minimum absolute atomic E-state index is 1.08. The van der Waals surface area contributed by atoms with Gasteiger partial charge in [0.15, 0.2) is 8.07 Å². The lowest BCUT2D eigenvalue weighted by Gasteiger charge is -2.45. The van der Waals surface area contributed by atoms with Gasteiger partial charge >= 0.3 is 0 Å². The highest BCUT2D eigenvalue weighted by molar-refractivity contribution is 7.21. The Hall–Kier alpha value is -8.96. The average Bonchev–Trinajstić information content (AvgIpc) is 3.78. The number of para-hydroxylation sites is 4. The topological polar surface area (TPSA) is 11.4 Å². The molecule has 0 fully saturated rings. The third kappa shape index (κ3) is 6.80. The lowest BCUT2D eigenvalue weighted by atomic mass is 10.0. The van der Waals surface area contributed by atoms with Gasteiger partial charge in [0.25, 0.3) is 0 Å². The zero-order valence-corrected chi connectivity index (χ0v) is 39.5. The standard InChI is InChI=1S/C66H47N3Si/c1-5-19-48(20-6-1)49-33-38-53(39-34-49)67(55-42-44-56(45-43-55)68-61-29-15-13-27-59(61)60-28-14-16-30-62(60)68)54-40-35-50(36-41-54)51-37-46-64-66(47-51)70(57-23-9-3-10-24-57,58-25-11-4-12-26-58)65-32-18-17-31-63(65)69(64)52-21-7-2-8-22-52/h1-47H. The van der Waals surface area contributed by atoms with Gasteiger partial charge in [0.2, 0.25) is 0 Å². The Bertz CT molecular complexity index is 3700. The number of hydrogen-bond acceptors (Lipinski definition) is 2. The molecule has 12 aromatic rings. The van der Waals surface area contributed by atoms with Crippen LogP contribution in [-0.4, -0.2) is 12.6 Å². The summed E-state index contributed by atoms with van der Waals surface area (Å²) in [6.07, 6.45) is 0. The van der Waals surface area contributed by atoms with E-state index in [1.54, 1.807) is 0 Å². The normalized spacial score (nSPS) is 12.7. The Morgan fingerprint density at radius 1 is 0.286 bits per heavy atom. The molecule has 0 unspecified atom stereocenters. The van der Waals surface area contributed by atoms with Crippen molar-refractivity contribution >= 4 is 84.8 Å². The number of aromatic nitrogens is 1. The molecule has 0 aliphatic carbocycles. The summed E-state index contributed by atoms with van der Waals surface area (Å²) < 4.78 is 2.38. The van der Waals surface area contributed by atoms with E-state index in [0.717, 1.165) is 28.4 Å². The summed E-state index contributed by atoms with van der Waals surface area (Å²) in [5, 5.41) is 8.01. The van der Waals surface area contributed by atoms with Crippen LogP contribution < -0.4 is 30.5 Å². The molecule has 4 heteroatoms. The fourth-order valence-corrected chi connectivity index (χ4v) is 16.3. The van der Waals surface area contributed by atoms with Gasteiger partial charge in [-0.25, -0.2) is 0 Å². The monoisotopic (exact) mass is 909 g/mol. The molecule has 3 nitrogen and oxygen atoms in total. The first-order chi connectivity index (χ1) is 34.7. The molecular weight excluding hydrogens is 863 g/mol. The molecule has 0 atom stereocenters. The van der Waals surface area contributed by atoms with Gasteiger partial charge in [0.05, 0.1) is 11.0 Å². The molecule has 1 aromatic heterocycles. The lowest BCUT2D eigenvalue weighted by molar-refractivity contribution is 1.17. The predicted octanol–water partition coefficient (Wildman–Crippen LogP) is 14.7. The second-order valence-electron chi connectivity index (χ2n) is 18.1. The summed E-state index contributed by atoms with van der Waals surface area (Å²) in [7, 11) is -2.87. The zero-order valence-electron chi connectivity index (χ0n) is 38.5. The van der Waals surface area contributed by atoms with E-state index in [0.29, 0.717) is 0 Å². The summed E-state index contributed by atoms with van der Waals surface area (Å²) in [5.41, 5.74) is 15.1. The van der Waals surface area contributed by atoms with Crippen molar-refractivity contribution in [2.24, 2.45) is 0 Å². The van der Waals surface area contributed by atoms with Crippen LogP contribution in [-0.2, 0) is 0 Å². The predicted molar refractivity (Wildman–Crippen MR) is 298 cm³/mol. The minimum Gasteiger partial charge on any atom is -0.311 e.